The Morgan fingerprint density at radius 2 is 1.57 bits per heavy atom. The van der Waals surface area contributed by atoms with Crippen LogP contribution in [0.2, 0.25) is 0 Å². The van der Waals surface area contributed by atoms with E-state index in [0.717, 1.165) is 12.1 Å². The molecule has 2 nitrogen and oxygen atoms in total. The van der Waals surface area contributed by atoms with Gasteiger partial charge >= 0.3 is 0 Å². The zero-order chi connectivity index (χ0) is 9.80. The third-order valence-corrected chi connectivity index (χ3v) is 3.75. The van der Waals surface area contributed by atoms with Crippen molar-refractivity contribution in [1.82, 2.24) is 5.32 Å². The first-order chi connectivity index (χ1) is 6.88. The maximum absolute atomic E-state index is 5.29. The van der Waals surface area contributed by atoms with Gasteiger partial charge < -0.3 is 10.1 Å². The zero-order valence-corrected chi connectivity index (χ0v) is 9.30. The lowest BCUT2D eigenvalue weighted by Gasteiger charge is -2.37. The number of nitrogens with one attached hydrogen (secondary N) is 1. The molecule has 0 aromatic rings. The molecule has 0 aromatic heterocycles. The number of rotatable bonds is 3. The maximum Gasteiger partial charge on any atom is 0.0601 e. The second kappa shape index (κ2) is 5.13. The van der Waals surface area contributed by atoms with Crippen LogP contribution in [0.1, 0.15) is 51.4 Å². The topological polar surface area (TPSA) is 21.3 Å². The van der Waals surface area contributed by atoms with Gasteiger partial charge in [0, 0.05) is 19.2 Å². The molecule has 0 amide bonds. The molecule has 0 aromatic carbocycles. The zero-order valence-electron chi connectivity index (χ0n) is 9.30. The standard InChI is InChI=1S/C12H23NO/c1-14-12-8-11(9-12)13-10-6-4-2-3-5-7-10/h10-13H,2-9H2,1H3. The third-order valence-electron chi connectivity index (χ3n) is 3.75. The fourth-order valence-corrected chi connectivity index (χ4v) is 2.67. The van der Waals surface area contributed by atoms with Gasteiger partial charge in [-0.05, 0) is 25.7 Å². The van der Waals surface area contributed by atoms with Crippen molar-refractivity contribution in [2.45, 2.75) is 69.6 Å². The van der Waals surface area contributed by atoms with E-state index in [1.807, 2.05) is 7.11 Å². The lowest BCUT2D eigenvalue weighted by molar-refractivity contribution is 0.0137. The van der Waals surface area contributed by atoms with E-state index in [1.54, 1.807) is 0 Å². The minimum absolute atomic E-state index is 0.540. The van der Waals surface area contributed by atoms with Crippen molar-refractivity contribution in [3.8, 4) is 0 Å². The predicted octanol–water partition coefficient (Wildman–Crippen LogP) is 2.48. The molecule has 0 saturated heterocycles. The monoisotopic (exact) mass is 197 g/mol. The molecule has 0 spiro atoms. The molecule has 0 radical (unpaired) electrons. The van der Waals surface area contributed by atoms with E-state index in [4.69, 9.17) is 4.74 Å². The van der Waals surface area contributed by atoms with Crippen molar-refractivity contribution in [2.24, 2.45) is 0 Å². The Balaban J connectivity index is 1.64. The Bertz CT molecular complexity index is 158. The Labute approximate surface area is 87.4 Å². The highest BCUT2D eigenvalue weighted by Crippen LogP contribution is 2.25. The first-order valence-electron chi connectivity index (χ1n) is 6.17. The fourth-order valence-electron chi connectivity index (χ4n) is 2.67. The van der Waals surface area contributed by atoms with E-state index in [2.05, 4.69) is 5.32 Å². The van der Waals surface area contributed by atoms with Gasteiger partial charge in [0.15, 0.2) is 0 Å². The second-order valence-electron chi connectivity index (χ2n) is 4.88. The van der Waals surface area contributed by atoms with Crippen LogP contribution in [0.4, 0.5) is 0 Å². The molecular weight excluding hydrogens is 174 g/mol. The molecule has 0 atom stereocenters. The molecule has 2 aliphatic carbocycles. The van der Waals surface area contributed by atoms with Crippen LogP contribution in [0.3, 0.4) is 0 Å². The van der Waals surface area contributed by atoms with Crippen LogP contribution < -0.4 is 5.32 Å². The van der Waals surface area contributed by atoms with Crippen molar-refractivity contribution in [1.29, 1.82) is 0 Å². The van der Waals surface area contributed by atoms with Crippen molar-refractivity contribution >= 4 is 0 Å². The van der Waals surface area contributed by atoms with Gasteiger partial charge in [-0.2, -0.15) is 0 Å². The summed E-state index contributed by atoms with van der Waals surface area (Å²) in [6.45, 7) is 0. The van der Waals surface area contributed by atoms with Gasteiger partial charge in [0.25, 0.3) is 0 Å². The van der Waals surface area contributed by atoms with Gasteiger partial charge in [-0.3, -0.25) is 0 Å². The van der Waals surface area contributed by atoms with Crippen LogP contribution in [-0.2, 0) is 4.74 Å². The quantitative estimate of drug-likeness (QED) is 0.702. The van der Waals surface area contributed by atoms with Crippen molar-refractivity contribution in [3.63, 3.8) is 0 Å². The Morgan fingerprint density at radius 3 is 2.14 bits per heavy atom. The van der Waals surface area contributed by atoms with Crippen molar-refractivity contribution < 1.29 is 4.74 Å². The van der Waals surface area contributed by atoms with Crippen LogP contribution in [0, 0.1) is 0 Å². The predicted molar refractivity (Wildman–Crippen MR) is 58.4 cm³/mol. The summed E-state index contributed by atoms with van der Waals surface area (Å²) in [6, 6.07) is 1.56. The molecule has 82 valence electrons. The third kappa shape index (κ3) is 2.71. The number of hydrogen-bond acceptors (Lipinski definition) is 2. The average molecular weight is 197 g/mol. The molecule has 2 heteroatoms. The average Bonchev–Trinajstić information content (AvgIpc) is 2.38. The molecule has 2 rings (SSSR count). The second-order valence-corrected chi connectivity index (χ2v) is 4.88. The number of hydrogen-bond donors (Lipinski definition) is 1. The summed E-state index contributed by atoms with van der Waals surface area (Å²) >= 11 is 0. The van der Waals surface area contributed by atoms with Crippen molar-refractivity contribution in [2.75, 3.05) is 7.11 Å². The van der Waals surface area contributed by atoms with E-state index in [9.17, 15) is 0 Å². The van der Waals surface area contributed by atoms with Gasteiger partial charge in [0.2, 0.25) is 0 Å². The minimum atomic E-state index is 0.540. The summed E-state index contributed by atoms with van der Waals surface area (Å²) in [5.41, 5.74) is 0. The molecular formula is C12H23NO. The molecule has 2 aliphatic rings. The minimum Gasteiger partial charge on any atom is -0.381 e. The summed E-state index contributed by atoms with van der Waals surface area (Å²) < 4.78 is 5.29. The summed E-state index contributed by atoms with van der Waals surface area (Å²) in [7, 11) is 1.83. The van der Waals surface area contributed by atoms with E-state index >= 15 is 0 Å². The first kappa shape index (κ1) is 10.4. The summed E-state index contributed by atoms with van der Waals surface area (Å²) in [5, 5.41) is 3.78. The Morgan fingerprint density at radius 1 is 0.929 bits per heavy atom. The van der Waals surface area contributed by atoms with E-state index in [-0.39, 0.29) is 0 Å². The van der Waals surface area contributed by atoms with Gasteiger partial charge in [0.1, 0.15) is 0 Å². The molecule has 0 unspecified atom stereocenters. The first-order valence-corrected chi connectivity index (χ1v) is 6.17. The molecule has 2 saturated carbocycles. The lowest BCUT2D eigenvalue weighted by atomic mass is 9.88. The number of ether oxygens (including phenoxy) is 1. The van der Waals surface area contributed by atoms with Crippen LogP contribution in [-0.4, -0.2) is 25.3 Å². The number of methoxy groups -OCH3 is 1. The van der Waals surface area contributed by atoms with Gasteiger partial charge in [-0.1, -0.05) is 25.7 Å². The molecule has 0 heterocycles. The fraction of sp³-hybridized carbons (Fsp3) is 1.00. The van der Waals surface area contributed by atoms with Crippen LogP contribution in [0.5, 0.6) is 0 Å². The Hall–Kier alpha value is -0.0800. The molecule has 0 bridgehead atoms. The lowest BCUT2D eigenvalue weighted by Crippen LogP contribution is -2.49. The largest absolute Gasteiger partial charge is 0.381 e. The highest BCUT2D eigenvalue weighted by atomic mass is 16.5. The van der Waals surface area contributed by atoms with Gasteiger partial charge in [-0.15, -0.1) is 0 Å². The van der Waals surface area contributed by atoms with Gasteiger partial charge in [-0.25, -0.2) is 0 Å². The molecule has 14 heavy (non-hydrogen) atoms. The summed E-state index contributed by atoms with van der Waals surface area (Å²) in [5.74, 6) is 0. The molecule has 2 fully saturated rings. The SMILES string of the molecule is COC1CC(NC2CCCCCC2)C1. The van der Waals surface area contributed by atoms with Crippen molar-refractivity contribution in [3.05, 3.63) is 0 Å². The molecule has 1 N–H and O–H groups in total. The van der Waals surface area contributed by atoms with Crippen LogP contribution >= 0.6 is 0 Å². The smallest absolute Gasteiger partial charge is 0.0601 e. The van der Waals surface area contributed by atoms with E-state index in [0.29, 0.717) is 6.10 Å². The van der Waals surface area contributed by atoms with E-state index in [1.165, 1.54) is 51.4 Å². The maximum atomic E-state index is 5.29. The highest BCUT2D eigenvalue weighted by Gasteiger charge is 2.30. The molecule has 0 aliphatic heterocycles. The summed E-state index contributed by atoms with van der Waals surface area (Å²) in [4.78, 5) is 0. The highest BCUT2D eigenvalue weighted by molar-refractivity contribution is 4.88. The Kier molecular flexibility index (Phi) is 3.82. The van der Waals surface area contributed by atoms with Crippen LogP contribution in [0.25, 0.3) is 0 Å². The summed E-state index contributed by atoms with van der Waals surface area (Å²) in [6.07, 6.45) is 11.5. The van der Waals surface area contributed by atoms with Crippen LogP contribution in [0.15, 0.2) is 0 Å². The van der Waals surface area contributed by atoms with E-state index < -0.39 is 0 Å². The normalized spacial score (nSPS) is 34.9. The van der Waals surface area contributed by atoms with Gasteiger partial charge in [0.05, 0.1) is 6.10 Å².